The third kappa shape index (κ3) is 6.73. The molecule has 11 aromatic carbocycles. The molecular formula is C69H48N2O. The molecular weight excluding hydrogens is 873 g/mol. The molecule has 0 N–H and O–H groups in total. The summed E-state index contributed by atoms with van der Waals surface area (Å²) in [4.78, 5) is 2.35. The third-order valence-corrected chi connectivity index (χ3v) is 15.2. The van der Waals surface area contributed by atoms with Gasteiger partial charge in [0.05, 0.1) is 11.0 Å². The zero-order valence-corrected chi connectivity index (χ0v) is 40.1. The Morgan fingerprint density at radius 2 is 0.819 bits per heavy atom. The first-order valence-corrected chi connectivity index (χ1v) is 24.9. The molecule has 0 unspecified atom stereocenters. The molecule has 14 rings (SSSR count). The zero-order valence-electron chi connectivity index (χ0n) is 40.1. The fraction of sp³-hybridized carbons (Fsp3) is 0.0435. The van der Waals surface area contributed by atoms with E-state index in [1.54, 1.807) is 0 Å². The van der Waals surface area contributed by atoms with E-state index in [1.807, 2.05) is 6.07 Å². The van der Waals surface area contributed by atoms with E-state index >= 15 is 0 Å². The molecule has 2 aromatic heterocycles. The van der Waals surface area contributed by atoms with Crippen molar-refractivity contribution in [2.45, 2.75) is 19.3 Å². The molecule has 0 aliphatic heterocycles. The number of hydrogen-bond donors (Lipinski definition) is 0. The van der Waals surface area contributed by atoms with Crippen LogP contribution in [0.25, 0.3) is 105 Å². The highest BCUT2D eigenvalue weighted by atomic mass is 16.3. The van der Waals surface area contributed by atoms with Crippen LogP contribution in [0, 0.1) is 0 Å². The Labute approximate surface area is 419 Å². The van der Waals surface area contributed by atoms with E-state index in [9.17, 15) is 0 Å². The van der Waals surface area contributed by atoms with Crippen molar-refractivity contribution in [2.24, 2.45) is 0 Å². The number of nitrogens with zero attached hydrogens (tertiary/aromatic N) is 2. The summed E-state index contributed by atoms with van der Waals surface area (Å²) in [6.45, 7) is 4.75. The average molecular weight is 921 g/mol. The van der Waals surface area contributed by atoms with Gasteiger partial charge in [0, 0.05) is 55.3 Å². The largest absolute Gasteiger partial charge is 0.455 e. The first-order chi connectivity index (χ1) is 35.4. The summed E-state index contributed by atoms with van der Waals surface area (Å²) in [6, 6.07) is 92.7. The molecule has 0 bridgehead atoms. The molecule has 0 saturated heterocycles. The van der Waals surface area contributed by atoms with Crippen molar-refractivity contribution < 1.29 is 4.42 Å². The van der Waals surface area contributed by atoms with Crippen molar-refractivity contribution >= 4 is 60.8 Å². The Hall–Kier alpha value is -9.18. The van der Waals surface area contributed by atoms with Gasteiger partial charge in [0.1, 0.15) is 11.2 Å². The van der Waals surface area contributed by atoms with E-state index in [-0.39, 0.29) is 5.41 Å². The van der Waals surface area contributed by atoms with Crippen LogP contribution in [0.1, 0.15) is 25.0 Å². The molecule has 13 aromatic rings. The lowest BCUT2D eigenvalue weighted by atomic mass is 9.81. The van der Waals surface area contributed by atoms with E-state index in [4.69, 9.17) is 4.42 Å². The normalized spacial score (nSPS) is 12.7. The van der Waals surface area contributed by atoms with Gasteiger partial charge in [-0.2, -0.15) is 0 Å². The highest BCUT2D eigenvalue weighted by molar-refractivity contribution is 6.11. The van der Waals surface area contributed by atoms with Crippen LogP contribution in [-0.4, -0.2) is 4.57 Å². The van der Waals surface area contributed by atoms with Crippen molar-refractivity contribution in [3.8, 4) is 61.3 Å². The standard InChI is InChI=1S/C69H48N2O/c1-69(2)63-43-51(56-20-13-21-61-60-19-10-12-23-67(60)72-68(56)61)30-39-57(63)58-40-38-55(44-64(58)69)71-65-22-11-9-18-59(65)62-42-50(31-41-66(62)71)49-28-36-54(37-29-49)70(52-32-24-47(25-33-52)45-14-5-3-6-15-45)53-34-26-48(27-35-53)46-16-7-4-8-17-46/h3-44H,1-2H3. The minimum atomic E-state index is -0.219. The second-order valence-electron chi connectivity index (χ2n) is 19.7. The van der Waals surface area contributed by atoms with E-state index in [1.165, 1.54) is 88.7 Å². The average Bonchev–Trinajstić information content (AvgIpc) is 4.07. The second kappa shape index (κ2) is 16.5. The zero-order chi connectivity index (χ0) is 47.9. The summed E-state index contributed by atoms with van der Waals surface area (Å²) in [5.41, 5.74) is 23.2. The van der Waals surface area contributed by atoms with Crippen LogP contribution in [-0.2, 0) is 5.41 Å². The predicted molar refractivity (Wildman–Crippen MR) is 302 cm³/mol. The highest BCUT2D eigenvalue weighted by Gasteiger charge is 2.36. The molecule has 340 valence electrons. The Kier molecular flexibility index (Phi) is 9.56. The number of aromatic nitrogens is 1. The van der Waals surface area contributed by atoms with Gasteiger partial charge in [0.25, 0.3) is 0 Å². The van der Waals surface area contributed by atoms with Gasteiger partial charge in [0.15, 0.2) is 0 Å². The van der Waals surface area contributed by atoms with E-state index in [0.717, 1.165) is 44.6 Å². The first-order valence-electron chi connectivity index (χ1n) is 24.9. The highest BCUT2D eigenvalue weighted by Crippen LogP contribution is 2.51. The molecule has 1 aliphatic carbocycles. The summed E-state index contributed by atoms with van der Waals surface area (Å²) >= 11 is 0. The van der Waals surface area contributed by atoms with Gasteiger partial charge in [-0.05, 0) is 140 Å². The van der Waals surface area contributed by atoms with E-state index < -0.39 is 0 Å². The molecule has 3 nitrogen and oxygen atoms in total. The van der Waals surface area contributed by atoms with Crippen molar-refractivity contribution in [3.05, 3.63) is 266 Å². The first kappa shape index (κ1) is 41.8. The number of rotatable bonds is 8. The SMILES string of the molecule is CC1(C)c2cc(-c3cccc4c3oc3ccccc34)ccc2-c2ccc(-n3c4ccccc4c4cc(-c5ccc(N(c6ccc(-c7ccccc7)cc6)c6ccc(-c7ccccc7)cc6)cc5)ccc43)cc21. The lowest BCUT2D eigenvalue weighted by Crippen LogP contribution is -2.15. The minimum absolute atomic E-state index is 0.219. The quantitative estimate of drug-likeness (QED) is 0.151. The van der Waals surface area contributed by atoms with Gasteiger partial charge < -0.3 is 13.9 Å². The van der Waals surface area contributed by atoms with E-state index in [2.05, 4.69) is 272 Å². The fourth-order valence-corrected chi connectivity index (χ4v) is 11.6. The van der Waals surface area contributed by atoms with Crippen molar-refractivity contribution in [3.63, 3.8) is 0 Å². The molecule has 1 aliphatic rings. The van der Waals surface area contributed by atoms with Gasteiger partial charge in [-0.1, -0.05) is 190 Å². The summed E-state index contributed by atoms with van der Waals surface area (Å²) in [6.07, 6.45) is 0. The number of benzene rings is 11. The second-order valence-corrected chi connectivity index (χ2v) is 19.7. The Morgan fingerprint density at radius 3 is 1.47 bits per heavy atom. The Morgan fingerprint density at radius 1 is 0.333 bits per heavy atom. The van der Waals surface area contributed by atoms with Gasteiger partial charge in [-0.3, -0.25) is 0 Å². The van der Waals surface area contributed by atoms with Crippen LogP contribution in [0.3, 0.4) is 0 Å². The topological polar surface area (TPSA) is 21.3 Å². The van der Waals surface area contributed by atoms with Crippen LogP contribution in [0.2, 0.25) is 0 Å². The van der Waals surface area contributed by atoms with Crippen LogP contribution in [0.15, 0.2) is 259 Å². The summed E-state index contributed by atoms with van der Waals surface area (Å²) in [5, 5.41) is 4.77. The molecule has 72 heavy (non-hydrogen) atoms. The third-order valence-electron chi connectivity index (χ3n) is 15.2. The molecule has 0 saturated carbocycles. The number of furan rings is 1. The lowest BCUT2D eigenvalue weighted by Gasteiger charge is -2.26. The van der Waals surface area contributed by atoms with Crippen LogP contribution >= 0.6 is 0 Å². The minimum Gasteiger partial charge on any atom is -0.455 e. The predicted octanol–water partition coefficient (Wildman–Crippen LogP) is 19.1. The monoisotopic (exact) mass is 920 g/mol. The smallest absolute Gasteiger partial charge is 0.143 e. The van der Waals surface area contributed by atoms with Crippen molar-refractivity contribution in [1.29, 1.82) is 0 Å². The number of anilines is 3. The molecule has 0 amide bonds. The Balaban J connectivity index is 0.807. The maximum Gasteiger partial charge on any atom is 0.143 e. The Bertz CT molecular complexity index is 4120. The number of para-hydroxylation sites is 3. The van der Waals surface area contributed by atoms with Gasteiger partial charge in [0.2, 0.25) is 0 Å². The number of fused-ring (bicyclic) bond motifs is 9. The van der Waals surface area contributed by atoms with Gasteiger partial charge in [-0.15, -0.1) is 0 Å². The summed E-state index contributed by atoms with van der Waals surface area (Å²) < 4.78 is 8.95. The molecule has 3 heteroatoms. The molecule has 0 fully saturated rings. The van der Waals surface area contributed by atoms with Crippen molar-refractivity contribution in [2.75, 3.05) is 4.90 Å². The number of hydrogen-bond acceptors (Lipinski definition) is 2. The molecule has 0 spiro atoms. The summed E-state index contributed by atoms with van der Waals surface area (Å²) in [5.74, 6) is 0. The fourth-order valence-electron chi connectivity index (χ4n) is 11.6. The van der Waals surface area contributed by atoms with Gasteiger partial charge in [-0.25, -0.2) is 0 Å². The maximum atomic E-state index is 6.50. The van der Waals surface area contributed by atoms with Crippen molar-refractivity contribution in [1.82, 2.24) is 4.57 Å². The maximum absolute atomic E-state index is 6.50. The summed E-state index contributed by atoms with van der Waals surface area (Å²) in [7, 11) is 0. The van der Waals surface area contributed by atoms with Crippen LogP contribution in [0.5, 0.6) is 0 Å². The van der Waals surface area contributed by atoms with Crippen LogP contribution < -0.4 is 4.90 Å². The molecule has 0 atom stereocenters. The molecule has 0 radical (unpaired) electrons. The van der Waals surface area contributed by atoms with E-state index in [0.29, 0.717) is 0 Å². The molecule has 2 heterocycles. The van der Waals surface area contributed by atoms with Gasteiger partial charge >= 0.3 is 0 Å². The van der Waals surface area contributed by atoms with Crippen LogP contribution in [0.4, 0.5) is 17.1 Å². The lowest BCUT2D eigenvalue weighted by molar-refractivity contribution is 0.659.